The Morgan fingerprint density at radius 2 is 2.00 bits per heavy atom. The van der Waals surface area contributed by atoms with Crippen LogP contribution in [-0.4, -0.2) is 28.0 Å². The van der Waals surface area contributed by atoms with Gasteiger partial charge in [-0.1, -0.05) is 26.0 Å². The van der Waals surface area contributed by atoms with Gasteiger partial charge in [-0.3, -0.25) is 14.6 Å². The Balaban J connectivity index is 1.98. The maximum absolute atomic E-state index is 12.2. The van der Waals surface area contributed by atoms with Gasteiger partial charge in [-0.25, -0.2) is 9.97 Å². The third kappa shape index (κ3) is 5.90. The van der Waals surface area contributed by atoms with E-state index < -0.39 is 5.91 Å². The maximum atomic E-state index is 12.2. The van der Waals surface area contributed by atoms with E-state index in [2.05, 4.69) is 25.6 Å². The van der Waals surface area contributed by atoms with Gasteiger partial charge in [-0.15, -0.1) is 0 Å². The molecule has 2 rings (SSSR count). The van der Waals surface area contributed by atoms with Crippen LogP contribution in [0, 0.1) is 5.92 Å². The van der Waals surface area contributed by atoms with Gasteiger partial charge < -0.3 is 22.1 Å². The summed E-state index contributed by atoms with van der Waals surface area (Å²) >= 11 is 0. The lowest BCUT2D eigenvalue weighted by Crippen LogP contribution is -2.26. The molecule has 0 bridgehead atoms. The molecule has 1 aromatic carbocycles. The first-order chi connectivity index (χ1) is 13.4. The molecular formula is C19H23N7O2. The average molecular weight is 381 g/mol. The molecule has 0 fully saturated rings. The van der Waals surface area contributed by atoms with E-state index in [0.717, 1.165) is 5.56 Å². The molecule has 28 heavy (non-hydrogen) atoms. The van der Waals surface area contributed by atoms with Crippen molar-refractivity contribution in [2.75, 3.05) is 11.1 Å². The van der Waals surface area contributed by atoms with Gasteiger partial charge in [0.25, 0.3) is 5.91 Å². The number of aliphatic imine (C=N–C) groups is 1. The van der Waals surface area contributed by atoms with Gasteiger partial charge in [0.1, 0.15) is 0 Å². The fraction of sp³-hybridized carbons (Fsp3) is 0.211. The first-order valence-electron chi connectivity index (χ1n) is 8.60. The summed E-state index contributed by atoms with van der Waals surface area (Å²) in [7, 11) is 0. The van der Waals surface area contributed by atoms with E-state index in [1.807, 2.05) is 38.1 Å². The van der Waals surface area contributed by atoms with Crippen molar-refractivity contribution in [3.8, 4) is 0 Å². The summed E-state index contributed by atoms with van der Waals surface area (Å²) in [5.74, 6) is -0.674. The van der Waals surface area contributed by atoms with E-state index in [1.54, 1.807) is 0 Å². The van der Waals surface area contributed by atoms with Crippen molar-refractivity contribution in [2.45, 2.75) is 20.4 Å². The van der Waals surface area contributed by atoms with Crippen LogP contribution >= 0.6 is 0 Å². The van der Waals surface area contributed by atoms with Crippen molar-refractivity contribution >= 4 is 29.5 Å². The van der Waals surface area contributed by atoms with E-state index in [-0.39, 0.29) is 23.3 Å². The van der Waals surface area contributed by atoms with Crippen molar-refractivity contribution in [3.05, 3.63) is 59.8 Å². The molecule has 0 radical (unpaired) electrons. The van der Waals surface area contributed by atoms with Crippen LogP contribution in [-0.2, 0) is 11.3 Å². The first kappa shape index (κ1) is 20.6. The molecule has 2 aromatic rings. The average Bonchev–Trinajstić information content (AvgIpc) is 2.67. The Morgan fingerprint density at radius 1 is 1.25 bits per heavy atom. The fourth-order valence-corrected chi connectivity index (χ4v) is 2.11. The number of carbonyl (C=O) groups is 2. The number of nitrogen functional groups attached to an aromatic ring is 1. The molecule has 0 atom stereocenters. The lowest BCUT2D eigenvalue weighted by Gasteiger charge is -2.08. The molecule has 2 amide bonds. The minimum atomic E-state index is -0.535. The molecule has 0 saturated heterocycles. The largest absolute Gasteiger partial charge is 0.403 e. The summed E-state index contributed by atoms with van der Waals surface area (Å²) in [4.78, 5) is 35.9. The number of allylic oxidation sites excluding steroid dienone is 1. The van der Waals surface area contributed by atoms with Gasteiger partial charge in [-0.2, -0.15) is 0 Å². The molecule has 0 saturated carbocycles. The molecule has 0 aliphatic rings. The van der Waals surface area contributed by atoms with E-state index in [1.165, 1.54) is 24.8 Å². The second kappa shape index (κ2) is 9.81. The fourth-order valence-electron chi connectivity index (χ4n) is 2.11. The van der Waals surface area contributed by atoms with Crippen molar-refractivity contribution < 1.29 is 9.59 Å². The summed E-state index contributed by atoms with van der Waals surface area (Å²) in [6.07, 6.45) is 5.41. The smallest absolute Gasteiger partial charge is 0.278 e. The highest BCUT2D eigenvalue weighted by molar-refractivity contribution is 6.00. The number of anilines is 2. The third-order valence-electron chi connectivity index (χ3n) is 3.60. The molecule has 0 aliphatic carbocycles. The highest BCUT2D eigenvalue weighted by Gasteiger charge is 2.12. The number of hydrogen-bond acceptors (Lipinski definition) is 7. The Kier molecular flexibility index (Phi) is 7.21. The molecule has 1 aromatic heterocycles. The monoisotopic (exact) mass is 381 g/mol. The molecule has 6 N–H and O–H groups in total. The summed E-state index contributed by atoms with van der Waals surface area (Å²) in [5, 5.41) is 5.41. The van der Waals surface area contributed by atoms with Crippen LogP contribution < -0.4 is 22.1 Å². The molecule has 1 heterocycles. The minimum Gasteiger partial charge on any atom is -0.403 e. The van der Waals surface area contributed by atoms with Gasteiger partial charge in [-0.05, 0) is 17.7 Å². The quantitative estimate of drug-likeness (QED) is 0.534. The lowest BCUT2D eigenvalue weighted by molar-refractivity contribution is -0.118. The molecule has 0 spiro atoms. The van der Waals surface area contributed by atoms with Crippen molar-refractivity contribution in [1.29, 1.82) is 0 Å². The molecule has 0 unspecified atom stereocenters. The predicted octanol–water partition coefficient (Wildman–Crippen LogP) is 1.45. The molecule has 9 heteroatoms. The predicted molar refractivity (Wildman–Crippen MR) is 108 cm³/mol. The van der Waals surface area contributed by atoms with Crippen LogP contribution in [0.1, 0.15) is 29.9 Å². The zero-order chi connectivity index (χ0) is 20.5. The second-order valence-corrected chi connectivity index (χ2v) is 6.18. The van der Waals surface area contributed by atoms with Crippen LogP contribution in [0.25, 0.3) is 0 Å². The summed E-state index contributed by atoms with van der Waals surface area (Å²) in [6.45, 7) is 3.99. The number of aromatic nitrogens is 2. The van der Waals surface area contributed by atoms with E-state index >= 15 is 0 Å². The number of nitrogens with two attached hydrogens (primary N) is 2. The zero-order valence-corrected chi connectivity index (χ0v) is 15.7. The maximum Gasteiger partial charge on any atom is 0.278 e. The topological polar surface area (TPSA) is 148 Å². The highest BCUT2D eigenvalue weighted by atomic mass is 16.2. The molecular weight excluding hydrogens is 358 g/mol. The minimum absolute atomic E-state index is 0.00356. The van der Waals surface area contributed by atoms with Crippen LogP contribution in [0.5, 0.6) is 0 Å². The van der Waals surface area contributed by atoms with Crippen LogP contribution in [0.2, 0.25) is 0 Å². The van der Waals surface area contributed by atoms with E-state index in [9.17, 15) is 9.59 Å². The van der Waals surface area contributed by atoms with Gasteiger partial charge in [0, 0.05) is 36.4 Å². The van der Waals surface area contributed by atoms with Crippen molar-refractivity contribution in [1.82, 2.24) is 15.3 Å². The number of hydrogen-bond donors (Lipinski definition) is 4. The van der Waals surface area contributed by atoms with Gasteiger partial charge >= 0.3 is 0 Å². The van der Waals surface area contributed by atoms with Gasteiger partial charge in [0.05, 0.1) is 12.2 Å². The van der Waals surface area contributed by atoms with Crippen LogP contribution in [0.15, 0.2) is 53.5 Å². The molecule has 0 aliphatic heterocycles. The summed E-state index contributed by atoms with van der Waals surface area (Å²) in [6, 6.07) is 7.36. The Morgan fingerprint density at radius 3 is 2.68 bits per heavy atom. The van der Waals surface area contributed by atoms with Gasteiger partial charge in [0.2, 0.25) is 5.91 Å². The molecule has 146 valence electrons. The summed E-state index contributed by atoms with van der Waals surface area (Å²) < 4.78 is 0. The molecule has 9 nitrogen and oxygen atoms in total. The standard InChI is InChI=1S/C19H23N7O2/c1-12(2)18(27)25-14-5-3-4-13(8-14)10-22-11-15(9-20)26-19(28)16-17(21)24-7-6-23-16/h3-9,11-12H,10,20H2,1-2H3,(H2,21,24)(H,25,27)(H,26,28)/b15-9+,22-11?. The normalized spacial score (nSPS) is 11.6. The zero-order valence-electron chi connectivity index (χ0n) is 15.7. The number of nitrogens with one attached hydrogen (secondary N) is 2. The Hall–Kier alpha value is -3.75. The number of amides is 2. The second-order valence-electron chi connectivity index (χ2n) is 6.18. The van der Waals surface area contributed by atoms with E-state index in [0.29, 0.717) is 17.9 Å². The number of nitrogens with zero attached hydrogens (tertiary/aromatic N) is 3. The first-order valence-corrected chi connectivity index (χ1v) is 8.60. The third-order valence-corrected chi connectivity index (χ3v) is 3.60. The number of rotatable bonds is 7. The Bertz CT molecular complexity index is 907. The number of carbonyl (C=O) groups excluding carboxylic acids is 2. The summed E-state index contributed by atoms with van der Waals surface area (Å²) in [5.41, 5.74) is 13.1. The highest BCUT2D eigenvalue weighted by Crippen LogP contribution is 2.13. The Labute approximate surface area is 163 Å². The van der Waals surface area contributed by atoms with Crippen LogP contribution in [0.3, 0.4) is 0 Å². The SMILES string of the molecule is CC(C)C(=O)Nc1cccc(CN=C/C(=C\N)NC(=O)c2nccnc2N)c1. The van der Waals surface area contributed by atoms with Crippen molar-refractivity contribution in [2.24, 2.45) is 16.6 Å². The number of benzene rings is 1. The van der Waals surface area contributed by atoms with Crippen molar-refractivity contribution in [3.63, 3.8) is 0 Å². The van der Waals surface area contributed by atoms with E-state index in [4.69, 9.17) is 11.5 Å². The van der Waals surface area contributed by atoms with Gasteiger partial charge in [0.15, 0.2) is 11.5 Å². The van der Waals surface area contributed by atoms with Crippen LogP contribution in [0.4, 0.5) is 11.5 Å². The lowest BCUT2D eigenvalue weighted by atomic mass is 10.1.